The third-order valence-corrected chi connectivity index (χ3v) is 3.97. The van der Waals surface area contributed by atoms with Gasteiger partial charge in [-0.25, -0.2) is 0 Å². The summed E-state index contributed by atoms with van der Waals surface area (Å²) in [7, 11) is 1.78. The van der Waals surface area contributed by atoms with Crippen LogP contribution in [0.4, 0.5) is 0 Å². The van der Waals surface area contributed by atoms with E-state index in [1.165, 1.54) is 4.90 Å². The van der Waals surface area contributed by atoms with Crippen molar-refractivity contribution in [3.05, 3.63) is 30.3 Å². The fourth-order valence-electron chi connectivity index (χ4n) is 1.88. The molecular formula is C15H25NOS. The standard InChI is InChI=1S/C15H25NOS/c1-13(12-15(2,3)17-4)16-10-11-18-14-8-6-5-7-9-14/h5-9,13,16H,10-12H2,1-4H3. The van der Waals surface area contributed by atoms with E-state index in [0.29, 0.717) is 6.04 Å². The van der Waals surface area contributed by atoms with E-state index < -0.39 is 0 Å². The van der Waals surface area contributed by atoms with Gasteiger partial charge >= 0.3 is 0 Å². The van der Waals surface area contributed by atoms with E-state index in [2.05, 4.69) is 56.4 Å². The van der Waals surface area contributed by atoms with E-state index in [9.17, 15) is 0 Å². The summed E-state index contributed by atoms with van der Waals surface area (Å²) >= 11 is 1.89. The number of hydrogen-bond donors (Lipinski definition) is 1. The van der Waals surface area contributed by atoms with Crippen molar-refractivity contribution in [3.63, 3.8) is 0 Å². The lowest BCUT2D eigenvalue weighted by Crippen LogP contribution is -2.36. The number of hydrogen-bond acceptors (Lipinski definition) is 3. The molecule has 2 nitrogen and oxygen atoms in total. The Hall–Kier alpha value is -0.510. The fourth-order valence-corrected chi connectivity index (χ4v) is 2.69. The molecule has 0 saturated carbocycles. The van der Waals surface area contributed by atoms with Gasteiger partial charge in [0.05, 0.1) is 5.60 Å². The van der Waals surface area contributed by atoms with Gasteiger partial charge in [0.15, 0.2) is 0 Å². The maximum atomic E-state index is 5.44. The van der Waals surface area contributed by atoms with Gasteiger partial charge in [0.25, 0.3) is 0 Å². The molecule has 0 saturated heterocycles. The largest absolute Gasteiger partial charge is 0.379 e. The monoisotopic (exact) mass is 267 g/mol. The van der Waals surface area contributed by atoms with Crippen LogP contribution in [0.1, 0.15) is 27.2 Å². The summed E-state index contributed by atoms with van der Waals surface area (Å²) in [4.78, 5) is 1.34. The highest BCUT2D eigenvalue weighted by atomic mass is 32.2. The van der Waals surface area contributed by atoms with Crippen LogP contribution in [0.15, 0.2) is 35.2 Å². The van der Waals surface area contributed by atoms with Gasteiger partial charge in [0.2, 0.25) is 0 Å². The molecule has 1 aromatic carbocycles. The third kappa shape index (κ3) is 6.43. The first kappa shape index (κ1) is 15.5. The molecule has 0 amide bonds. The molecule has 1 atom stereocenters. The summed E-state index contributed by atoms with van der Waals surface area (Å²) in [5.41, 5.74) is -0.0427. The maximum Gasteiger partial charge on any atom is 0.0637 e. The summed E-state index contributed by atoms with van der Waals surface area (Å²) in [6, 6.07) is 11.0. The van der Waals surface area contributed by atoms with E-state index in [4.69, 9.17) is 4.74 Å². The first-order valence-electron chi connectivity index (χ1n) is 6.50. The molecule has 0 aromatic heterocycles. The number of methoxy groups -OCH3 is 1. The van der Waals surface area contributed by atoms with Crippen LogP contribution >= 0.6 is 11.8 Å². The number of rotatable bonds is 8. The molecule has 1 aromatic rings. The van der Waals surface area contributed by atoms with Crippen molar-refractivity contribution in [1.29, 1.82) is 0 Å². The van der Waals surface area contributed by atoms with Gasteiger partial charge in [-0.2, -0.15) is 0 Å². The fraction of sp³-hybridized carbons (Fsp3) is 0.600. The van der Waals surface area contributed by atoms with Gasteiger partial charge in [0, 0.05) is 30.3 Å². The molecule has 0 bridgehead atoms. The minimum absolute atomic E-state index is 0.0427. The molecule has 1 N–H and O–H groups in total. The predicted molar refractivity (Wildman–Crippen MR) is 80.3 cm³/mol. The van der Waals surface area contributed by atoms with Crippen LogP contribution < -0.4 is 5.32 Å². The Balaban J connectivity index is 2.14. The van der Waals surface area contributed by atoms with E-state index in [1.54, 1.807) is 7.11 Å². The molecule has 0 spiro atoms. The number of nitrogens with one attached hydrogen (secondary N) is 1. The quantitative estimate of drug-likeness (QED) is 0.575. The number of benzene rings is 1. The van der Waals surface area contributed by atoms with Crippen LogP contribution in [0.25, 0.3) is 0 Å². The summed E-state index contributed by atoms with van der Waals surface area (Å²) in [6.45, 7) is 7.50. The molecule has 3 heteroatoms. The van der Waals surface area contributed by atoms with Crippen LogP contribution in [-0.4, -0.2) is 31.1 Å². The summed E-state index contributed by atoms with van der Waals surface area (Å²) in [5, 5.41) is 3.54. The van der Waals surface area contributed by atoms with Crippen molar-refractivity contribution in [1.82, 2.24) is 5.32 Å². The third-order valence-electron chi connectivity index (χ3n) is 2.96. The van der Waals surface area contributed by atoms with Gasteiger partial charge < -0.3 is 10.1 Å². The SMILES string of the molecule is COC(C)(C)CC(C)NCCSc1ccccc1. The number of ether oxygens (including phenoxy) is 1. The lowest BCUT2D eigenvalue weighted by atomic mass is 10.00. The first-order valence-corrected chi connectivity index (χ1v) is 7.48. The zero-order chi connectivity index (χ0) is 13.4. The Morgan fingerprint density at radius 3 is 2.56 bits per heavy atom. The molecular weight excluding hydrogens is 242 g/mol. The minimum atomic E-state index is -0.0427. The zero-order valence-corrected chi connectivity index (χ0v) is 12.7. The van der Waals surface area contributed by atoms with Crippen molar-refractivity contribution < 1.29 is 4.74 Å². The van der Waals surface area contributed by atoms with Crippen molar-refractivity contribution in [2.45, 2.75) is 43.7 Å². The van der Waals surface area contributed by atoms with Crippen molar-refractivity contribution in [2.24, 2.45) is 0 Å². The second-order valence-electron chi connectivity index (χ2n) is 5.18. The van der Waals surface area contributed by atoms with Crippen molar-refractivity contribution in [2.75, 3.05) is 19.4 Å². The first-order chi connectivity index (χ1) is 8.53. The summed E-state index contributed by atoms with van der Waals surface area (Å²) in [6.07, 6.45) is 1.03. The minimum Gasteiger partial charge on any atom is -0.379 e. The summed E-state index contributed by atoms with van der Waals surface area (Å²) in [5.74, 6) is 1.10. The molecule has 0 aliphatic carbocycles. The molecule has 0 aliphatic rings. The maximum absolute atomic E-state index is 5.44. The lowest BCUT2D eigenvalue weighted by molar-refractivity contribution is 0.00876. The Morgan fingerprint density at radius 1 is 1.28 bits per heavy atom. The highest BCUT2D eigenvalue weighted by Gasteiger charge is 2.19. The Bertz CT molecular complexity index is 327. The van der Waals surface area contributed by atoms with E-state index >= 15 is 0 Å². The Labute approximate surface area is 116 Å². The molecule has 1 unspecified atom stereocenters. The predicted octanol–water partition coefficient (Wildman–Crippen LogP) is 3.57. The van der Waals surface area contributed by atoms with Gasteiger partial charge in [0.1, 0.15) is 0 Å². The topological polar surface area (TPSA) is 21.3 Å². The van der Waals surface area contributed by atoms with Crippen LogP contribution in [0, 0.1) is 0 Å². The van der Waals surface area contributed by atoms with E-state index in [1.807, 2.05) is 11.8 Å². The Morgan fingerprint density at radius 2 is 1.94 bits per heavy atom. The van der Waals surface area contributed by atoms with Gasteiger partial charge in [-0.3, -0.25) is 0 Å². The molecule has 0 heterocycles. The van der Waals surface area contributed by atoms with Crippen LogP contribution in [0.2, 0.25) is 0 Å². The average Bonchev–Trinajstić information content (AvgIpc) is 2.35. The van der Waals surface area contributed by atoms with Crippen LogP contribution in [0.3, 0.4) is 0 Å². The summed E-state index contributed by atoms with van der Waals surface area (Å²) < 4.78 is 5.44. The molecule has 1 rings (SSSR count). The van der Waals surface area contributed by atoms with Crippen molar-refractivity contribution in [3.8, 4) is 0 Å². The molecule has 0 aliphatic heterocycles. The number of thioether (sulfide) groups is 1. The highest BCUT2D eigenvalue weighted by Crippen LogP contribution is 2.17. The zero-order valence-electron chi connectivity index (χ0n) is 11.9. The smallest absolute Gasteiger partial charge is 0.0637 e. The Kier molecular flexibility index (Phi) is 6.76. The van der Waals surface area contributed by atoms with E-state index in [0.717, 1.165) is 18.7 Å². The van der Waals surface area contributed by atoms with Crippen LogP contribution in [-0.2, 0) is 4.74 Å². The average molecular weight is 267 g/mol. The van der Waals surface area contributed by atoms with Gasteiger partial charge in [-0.05, 0) is 39.3 Å². The lowest BCUT2D eigenvalue weighted by Gasteiger charge is -2.27. The molecule has 18 heavy (non-hydrogen) atoms. The second kappa shape index (κ2) is 7.82. The molecule has 0 fully saturated rings. The van der Waals surface area contributed by atoms with Crippen molar-refractivity contribution >= 4 is 11.8 Å². The molecule has 102 valence electrons. The molecule has 0 radical (unpaired) electrons. The highest BCUT2D eigenvalue weighted by molar-refractivity contribution is 7.99. The van der Waals surface area contributed by atoms with Gasteiger partial charge in [-0.15, -0.1) is 11.8 Å². The van der Waals surface area contributed by atoms with E-state index in [-0.39, 0.29) is 5.60 Å². The normalized spacial score (nSPS) is 13.6. The van der Waals surface area contributed by atoms with Crippen LogP contribution in [0.5, 0.6) is 0 Å². The second-order valence-corrected chi connectivity index (χ2v) is 6.35. The van der Waals surface area contributed by atoms with Gasteiger partial charge in [-0.1, -0.05) is 18.2 Å².